The fourth-order valence-electron chi connectivity index (χ4n) is 2.29. The second-order valence-electron chi connectivity index (χ2n) is 5.66. The number of amides is 1. The van der Waals surface area contributed by atoms with E-state index < -0.39 is 0 Å². The van der Waals surface area contributed by atoms with E-state index in [1.807, 2.05) is 7.05 Å². The lowest BCUT2D eigenvalue weighted by molar-refractivity contribution is -0.885. The molecule has 0 bridgehead atoms. The van der Waals surface area contributed by atoms with Gasteiger partial charge in [0, 0.05) is 17.7 Å². The number of hydrogen-bond acceptors (Lipinski definition) is 1. The van der Waals surface area contributed by atoms with Crippen molar-refractivity contribution in [2.75, 3.05) is 13.6 Å². The van der Waals surface area contributed by atoms with Gasteiger partial charge in [-0.3, -0.25) is 4.79 Å². The number of hydrogen-bond donors (Lipinski definition) is 2. The van der Waals surface area contributed by atoms with Gasteiger partial charge < -0.3 is 10.2 Å². The Morgan fingerprint density at radius 1 is 1.14 bits per heavy atom. The van der Waals surface area contributed by atoms with Gasteiger partial charge in [-0.05, 0) is 13.0 Å². The van der Waals surface area contributed by atoms with E-state index >= 15 is 0 Å². The van der Waals surface area contributed by atoms with Crippen molar-refractivity contribution >= 4 is 5.91 Å². The van der Waals surface area contributed by atoms with Gasteiger partial charge >= 0.3 is 0 Å². The molecule has 0 saturated heterocycles. The van der Waals surface area contributed by atoms with Crippen LogP contribution in [0.15, 0.2) is 48.5 Å². The number of carbonyl (C=O) groups excluding carboxylic acids is 1. The summed E-state index contributed by atoms with van der Waals surface area (Å²) in [5.41, 5.74) is 2.93. The molecule has 0 aliphatic heterocycles. The maximum Gasteiger partial charge on any atom is 0.275 e. The molecule has 0 aromatic heterocycles. The van der Waals surface area contributed by atoms with Crippen LogP contribution in [0.4, 0.5) is 4.39 Å². The highest BCUT2D eigenvalue weighted by Crippen LogP contribution is 2.05. The van der Waals surface area contributed by atoms with Crippen molar-refractivity contribution in [2.24, 2.45) is 0 Å². The first-order valence-corrected chi connectivity index (χ1v) is 7.41. The summed E-state index contributed by atoms with van der Waals surface area (Å²) in [5.74, 6) is -0.365. The molecular weight excluding hydrogens is 279 g/mol. The Labute approximate surface area is 130 Å². The highest BCUT2D eigenvalue weighted by molar-refractivity contribution is 5.76. The molecule has 4 heteroatoms. The summed E-state index contributed by atoms with van der Waals surface area (Å²) in [4.78, 5) is 13.0. The molecule has 2 rings (SSSR count). The largest absolute Gasteiger partial charge is 0.347 e. The van der Waals surface area contributed by atoms with E-state index in [9.17, 15) is 9.18 Å². The van der Waals surface area contributed by atoms with Crippen molar-refractivity contribution in [3.8, 4) is 0 Å². The quantitative estimate of drug-likeness (QED) is 0.832. The Kier molecular flexibility index (Phi) is 5.67. The summed E-state index contributed by atoms with van der Waals surface area (Å²) < 4.78 is 13.5. The molecule has 1 amide bonds. The average Bonchev–Trinajstić information content (AvgIpc) is 2.49. The third kappa shape index (κ3) is 4.97. The molecule has 2 N–H and O–H groups in total. The van der Waals surface area contributed by atoms with E-state index in [4.69, 9.17) is 0 Å². The smallest absolute Gasteiger partial charge is 0.275 e. The summed E-state index contributed by atoms with van der Waals surface area (Å²) in [5, 5.41) is 2.77. The first-order valence-electron chi connectivity index (χ1n) is 7.41. The fraction of sp³-hybridized carbons (Fsp3) is 0.278. The standard InChI is InChI=1S/C18H21FN2O/c1-14-7-9-15(10-8-14)12-21(2)13-18(22)20-11-16-5-3-4-6-17(16)19/h3-10H,11-13H2,1-2H3,(H,20,22)/p+1. The van der Waals surface area contributed by atoms with Gasteiger partial charge in [0.05, 0.1) is 7.05 Å². The van der Waals surface area contributed by atoms with Crippen LogP contribution >= 0.6 is 0 Å². The third-order valence-electron chi connectivity index (χ3n) is 3.52. The Morgan fingerprint density at radius 2 is 1.82 bits per heavy atom. The van der Waals surface area contributed by atoms with E-state index in [-0.39, 0.29) is 18.3 Å². The molecule has 1 atom stereocenters. The molecule has 1 unspecified atom stereocenters. The summed E-state index contributed by atoms with van der Waals surface area (Å²) in [6.45, 7) is 3.43. The minimum absolute atomic E-state index is 0.0761. The molecule has 0 saturated carbocycles. The van der Waals surface area contributed by atoms with E-state index in [1.165, 1.54) is 17.2 Å². The van der Waals surface area contributed by atoms with Crippen LogP contribution in [0.5, 0.6) is 0 Å². The number of halogens is 1. The predicted molar refractivity (Wildman–Crippen MR) is 84.9 cm³/mol. The van der Waals surface area contributed by atoms with Crippen LogP contribution in [-0.4, -0.2) is 19.5 Å². The predicted octanol–water partition coefficient (Wildman–Crippen LogP) is 1.47. The van der Waals surface area contributed by atoms with Gasteiger partial charge in [-0.15, -0.1) is 0 Å². The number of benzene rings is 2. The van der Waals surface area contributed by atoms with Crippen LogP contribution in [-0.2, 0) is 17.9 Å². The molecule has 0 aliphatic carbocycles. The number of nitrogens with one attached hydrogen (secondary N) is 2. The first-order chi connectivity index (χ1) is 10.5. The monoisotopic (exact) mass is 301 g/mol. The van der Waals surface area contributed by atoms with Crippen LogP contribution in [0.1, 0.15) is 16.7 Å². The van der Waals surface area contributed by atoms with E-state index in [0.29, 0.717) is 12.1 Å². The number of quaternary nitrogens is 1. The molecule has 116 valence electrons. The van der Waals surface area contributed by atoms with Crippen LogP contribution in [0, 0.1) is 12.7 Å². The Morgan fingerprint density at radius 3 is 2.50 bits per heavy atom. The molecule has 2 aromatic rings. The number of aryl methyl sites for hydroxylation is 1. The molecule has 0 radical (unpaired) electrons. The molecule has 2 aromatic carbocycles. The lowest BCUT2D eigenvalue weighted by Gasteiger charge is -2.14. The normalized spacial score (nSPS) is 12.0. The molecular formula is C18H22FN2O+. The lowest BCUT2D eigenvalue weighted by Crippen LogP contribution is -3.08. The van der Waals surface area contributed by atoms with Gasteiger partial charge in [0.25, 0.3) is 5.91 Å². The molecule has 22 heavy (non-hydrogen) atoms. The highest BCUT2D eigenvalue weighted by Gasteiger charge is 2.11. The van der Waals surface area contributed by atoms with Crippen molar-refractivity contribution in [1.29, 1.82) is 0 Å². The van der Waals surface area contributed by atoms with Gasteiger partial charge in [-0.2, -0.15) is 0 Å². The molecule has 0 spiro atoms. The van der Waals surface area contributed by atoms with Gasteiger partial charge in [0.2, 0.25) is 0 Å². The zero-order valence-electron chi connectivity index (χ0n) is 13.0. The van der Waals surface area contributed by atoms with Crippen molar-refractivity contribution in [1.82, 2.24) is 5.32 Å². The second kappa shape index (κ2) is 7.71. The van der Waals surface area contributed by atoms with Crippen LogP contribution in [0.25, 0.3) is 0 Å². The number of rotatable bonds is 6. The van der Waals surface area contributed by atoms with E-state index in [1.54, 1.807) is 18.2 Å². The number of likely N-dealkylation sites (N-methyl/N-ethyl adjacent to an activating group) is 1. The lowest BCUT2D eigenvalue weighted by atomic mass is 10.1. The SMILES string of the molecule is Cc1ccc(C[NH+](C)CC(=O)NCc2ccccc2F)cc1. The Balaban J connectivity index is 1.79. The van der Waals surface area contributed by atoms with Gasteiger partial charge in [-0.25, -0.2) is 4.39 Å². The minimum Gasteiger partial charge on any atom is -0.347 e. The van der Waals surface area contributed by atoms with Gasteiger partial charge in [0.1, 0.15) is 12.4 Å². The molecule has 0 heterocycles. The summed E-state index contributed by atoms with van der Waals surface area (Å²) >= 11 is 0. The van der Waals surface area contributed by atoms with E-state index in [2.05, 4.69) is 36.5 Å². The summed E-state index contributed by atoms with van der Waals surface area (Å²) in [7, 11) is 1.97. The second-order valence-corrected chi connectivity index (χ2v) is 5.66. The fourth-order valence-corrected chi connectivity index (χ4v) is 2.29. The molecule has 3 nitrogen and oxygen atoms in total. The van der Waals surface area contributed by atoms with Gasteiger partial charge in [-0.1, -0.05) is 48.0 Å². The Bertz CT molecular complexity index is 625. The van der Waals surface area contributed by atoms with Crippen LogP contribution < -0.4 is 10.2 Å². The van der Waals surface area contributed by atoms with Crippen molar-refractivity contribution in [3.63, 3.8) is 0 Å². The zero-order chi connectivity index (χ0) is 15.9. The maximum atomic E-state index is 13.5. The van der Waals surface area contributed by atoms with Crippen molar-refractivity contribution in [2.45, 2.75) is 20.0 Å². The van der Waals surface area contributed by atoms with Crippen molar-refractivity contribution < 1.29 is 14.1 Å². The molecule has 0 aliphatic rings. The zero-order valence-corrected chi connectivity index (χ0v) is 13.0. The minimum atomic E-state index is -0.289. The van der Waals surface area contributed by atoms with E-state index in [0.717, 1.165) is 11.4 Å². The van der Waals surface area contributed by atoms with Crippen molar-refractivity contribution in [3.05, 3.63) is 71.0 Å². The topological polar surface area (TPSA) is 33.5 Å². The average molecular weight is 301 g/mol. The van der Waals surface area contributed by atoms with Gasteiger partial charge in [0.15, 0.2) is 6.54 Å². The molecule has 0 fully saturated rings. The first kappa shape index (κ1) is 16.2. The Hall–Kier alpha value is -2.20. The summed E-state index contributed by atoms with van der Waals surface area (Å²) in [6.07, 6.45) is 0. The van der Waals surface area contributed by atoms with Crippen LogP contribution in [0.2, 0.25) is 0 Å². The third-order valence-corrected chi connectivity index (χ3v) is 3.52. The van der Waals surface area contributed by atoms with Crippen LogP contribution in [0.3, 0.4) is 0 Å². The number of carbonyl (C=O) groups is 1. The maximum absolute atomic E-state index is 13.5. The summed E-state index contributed by atoms with van der Waals surface area (Å²) in [6, 6.07) is 14.8. The highest BCUT2D eigenvalue weighted by atomic mass is 19.1.